The summed E-state index contributed by atoms with van der Waals surface area (Å²) >= 11 is 0. The summed E-state index contributed by atoms with van der Waals surface area (Å²) in [7, 11) is 0. The van der Waals surface area contributed by atoms with Gasteiger partial charge in [0.05, 0.1) is 0 Å². The van der Waals surface area contributed by atoms with Crippen LogP contribution in [0.2, 0.25) is 0 Å². The van der Waals surface area contributed by atoms with Gasteiger partial charge in [-0.05, 0) is 41.1 Å². The average Bonchev–Trinajstić information content (AvgIpc) is 3.00. The minimum atomic E-state index is -0.162. The lowest BCUT2D eigenvalue weighted by Crippen LogP contribution is -2.29. The maximum atomic E-state index is 12.1. The van der Waals surface area contributed by atoms with Crippen molar-refractivity contribution in [1.82, 2.24) is 30.3 Å². The standard InChI is InChI=1S/C14H15N7O/c1-10-3-2-5-15-13(10)16-6-7-17-14(22)11-4-8-21-12(9-11)18-19-20-21/h2-5,8-9H,6-7H2,1H3,(H,15,16)(H,17,22). The van der Waals surface area contributed by atoms with Crippen LogP contribution in [0.15, 0.2) is 36.7 Å². The van der Waals surface area contributed by atoms with Crippen molar-refractivity contribution in [2.24, 2.45) is 0 Å². The summed E-state index contributed by atoms with van der Waals surface area (Å²) in [6, 6.07) is 7.19. The molecule has 0 bridgehead atoms. The molecule has 3 heterocycles. The first kappa shape index (κ1) is 13.9. The Morgan fingerprint density at radius 1 is 1.32 bits per heavy atom. The number of carbonyl (C=O) groups excluding carboxylic acids is 1. The van der Waals surface area contributed by atoms with Crippen molar-refractivity contribution in [2.75, 3.05) is 18.4 Å². The average molecular weight is 297 g/mol. The number of rotatable bonds is 5. The number of aryl methyl sites for hydroxylation is 1. The molecular weight excluding hydrogens is 282 g/mol. The van der Waals surface area contributed by atoms with E-state index >= 15 is 0 Å². The molecule has 0 aliphatic rings. The molecule has 22 heavy (non-hydrogen) atoms. The smallest absolute Gasteiger partial charge is 0.251 e. The summed E-state index contributed by atoms with van der Waals surface area (Å²) in [4.78, 5) is 16.3. The molecule has 0 saturated heterocycles. The van der Waals surface area contributed by atoms with Crippen molar-refractivity contribution in [3.8, 4) is 0 Å². The topological polar surface area (TPSA) is 97.1 Å². The summed E-state index contributed by atoms with van der Waals surface area (Å²) in [6.45, 7) is 3.07. The molecule has 0 aliphatic heterocycles. The number of hydrogen-bond donors (Lipinski definition) is 2. The van der Waals surface area contributed by atoms with Crippen LogP contribution < -0.4 is 10.6 Å². The largest absolute Gasteiger partial charge is 0.368 e. The SMILES string of the molecule is Cc1cccnc1NCCNC(=O)c1ccn2nnnc2c1. The van der Waals surface area contributed by atoms with Crippen LogP contribution in [-0.2, 0) is 0 Å². The van der Waals surface area contributed by atoms with Crippen LogP contribution in [0.5, 0.6) is 0 Å². The second-order valence-electron chi connectivity index (χ2n) is 4.75. The molecule has 0 saturated carbocycles. The molecule has 0 fully saturated rings. The van der Waals surface area contributed by atoms with E-state index in [0.29, 0.717) is 24.3 Å². The molecule has 0 spiro atoms. The van der Waals surface area contributed by atoms with Gasteiger partial charge in [-0.3, -0.25) is 4.79 Å². The Labute approximate surface area is 126 Å². The first-order chi connectivity index (χ1) is 10.7. The van der Waals surface area contributed by atoms with Crippen LogP contribution in [0.25, 0.3) is 5.65 Å². The van der Waals surface area contributed by atoms with E-state index in [1.807, 2.05) is 19.1 Å². The lowest BCUT2D eigenvalue weighted by Gasteiger charge is -2.09. The third-order valence-electron chi connectivity index (χ3n) is 3.17. The van der Waals surface area contributed by atoms with Gasteiger partial charge in [0.15, 0.2) is 5.65 Å². The predicted octanol–water partition coefficient (Wildman–Crippen LogP) is 0.670. The van der Waals surface area contributed by atoms with Gasteiger partial charge in [0, 0.05) is 31.0 Å². The summed E-state index contributed by atoms with van der Waals surface area (Å²) in [5, 5.41) is 17.1. The molecule has 112 valence electrons. The van der Waals surface area contributed by atoms with Crippen LogP contribution in [0.3, 0.4) is 0 Å². The summed E-state index contributed by atoms with van der Waals surface area (Å²) in [5.41, 5.74) is 2.13. The number of pyridine rings is 2. The molecule has 2 N–H and O–H groups in total. The van der Waals surface area contributed by atoms with Crippen molar-refractivity contribution in [2.45, 2.75) is 6.92 Å². The second-order valence-corrected chi connectivity index (χ2v) is 4.75. The molecule has 3 aromatic heterocycles. The zero-order valence-corrected chi connectivity index (χ0v) is 12.0. The molecule has 8 heteroatoms. The Bertz CT molecular complexity index is 798. The normalized spacial score (nSPS) is 10.6. The quantitative estimate of drug-likeness (QED) is 0.672. The third-order valence-corrected chi connectivity index (χ3v) is 3.17. The van der Waals surface area contributed by atoms with Gasteiger partial charge in [-0.1, -0.05) is 6.07 Å². The minimum absolute atomic E-state index is 0.162. The number of anilines is 1. The number of amides is 1. The maximum Gasteiger partial charge on any atom is 0.251 e. The fourth-order valence-electron chi connectivity index (χ4n) is 2.01. The van der Waals surface area contributed by atoms with E-state index in [1.54, 1.807) is 24.5 Å². The molecule has 3 aromatic rings. The van der Waals surface area contributed by atoms with Gasteiger partial charge < -0.3 is 10.6 Å². The van der Waals surface area contributed by atoms with E-state index in [9.17, 15) is 4.79 Å². The van der Waals surface area contributed by atoms with Crippen molar-refractivity contribution in [3.05, 3.63) is 47.8 Å². The Morgan fingerprint density at radius 3 is 3.09 bits per heavy atom. The van der Waals surface area contributed by atoms with Gasteiger partial charge >= 0.3 is 0 Å². The van der Waals surface area contributed by atoms with Gasteiger partial charge in [0.25, 0.3) is 5.91 Å². The number of hydrogen-bond acceptors (Lipinski definition) is 6. The number of carbonyl (C=O) groups is 1. The summed E-state index contributed by atoms with van der Waals surface area (Å²) in [6.07, 6.45) is 3.38. The van der Waals surface area contributed by atoms with Gasteiger partial charge in [-0.25, -0.2) is 9.50 Å². The van der Waals surface area contributed by atoms with Gasteiger partial charge in [0.1, 0.15) is 5.82 Å². The van der Waals surface area contributed by atoms with Crippen molar-refractivity contribution >= 4 is 17.4 Å². The minimum Gasteiger partial charge on any atom is -0.368 e. The molecule has 0 atom stereocenters. The van der Waals surface area contributed by atoms with E-state index in [0.717, 1.165) is 11.4 Å². The van der Waals surface area contributed by atoms with Crippen LogP contribution in [0.4, 0.5) is 5.82 Å². The van der Waals surface area contributed by atoms with Crippen LogP contribution >= 0.6 is 0 Å². The first-order valence-electron chi connectivity index (χ1n) is 6.85. The highest BCUT2D eigenvalue weighted by atomic mass is 16.1. The number of tetrazole rings is 1. The molecule has 0 aromatic carbocycles. The number of nitrogens with one attached hydrogen (secondary N) is 2. The Kier molecular flexibility index (Phi) is 3.90. The van der Waals surface area contributed by atoms with Crippen molar-refractivity contribution in [3.63, 3.8) is 0 Å². The van der Waals surface area contributed by atoms with Crippen LogP contribution in [0, 0.1) is 6.92 Å². The molecule has 8 nitrogen and oxygen atoms in total. The lowest BCUT2D eigenvalue weighted by atomic mass is 10.2. The highest BCUT2D eigenvalue weighted by Gasteiger charge is 2.07. The van der Waals surface area contributed by atoms with Gasteiger partial charge in [0.2, 0.25) is 0 Å². The van der Waals surface area contributed by atoms with E-state index in [2.05, 4.69) is 31.1 Å². The lowest BCUT2D eigenvalue weighted by molar-refractivity contribution is 0.0955. The monoisotopic (exact) mass is 297 g/mol. The maximum absolute atomic E-state index is 12.1. The fourth-order valence-corrected chi connectivity index (χ4v) is 2.01. The van der Waals surface area contributed by atoms with Crippen molar-refractivity contribution in [1.29, 1.82) is 0 Å². The van der Waals surface area contributed by atoms with E-state index in [-0.39, 0.29) is 5.91 Å². The van der Waals surface area contributed by atoms with Crippen LogP contribution in [-0.4, -0.2) is 44.0 Å². The van der Waals surface area contributed by atoms with Gasteiger partial charge in [-0.2, -0.15) is 0 Å². The number of aromatic nitrogens is 5. The molecule has 1 amide bonds. The summed E-state index contributed by atoms with van der Waals surface area (Å²) in [5.74, 6) is 0.665. The third kappa shape index (κ3) is 3.00. The molecule has 0 unspecified atom stereocenters. The first-order valence-corrected chi connectivity index (χ1v) is 6.85. The van der Waals surface area contributed by atoms with E-state index in [4.69, 9.17) is 0 Å². The summed E-state index contributed by atoms with van der Waals surface area (Å²) < 4.78 is 1.50. The number of nitrogens with zero attached hydrogens (tertiary/aromatic N) is 5. The second kappa shape index (κ2) is 6.17. The highest BCUT2D eigenvalue weighted by molar-refractivity contribution is 5.94. The highest BCUT2D eigenvalue weighted by Crippen LogP contribution is 2.08. The van der Waals surface area contributed by atoms with Crippen molar-refractivity contribution < 1.29 is 4.79 Å². The zero-order chi connectivity index (χ0) is 15.4. The predicted molar refractivity (Wildman–Crippen MR) is 80.6 cm³/mol. The zero-order valence-electron chi connectivity index (χ0n) is 12.0. The van der Waals surface area contributed by atoms with E-state index in [1.165, 1.54) is 4.52 Å². The molecular formula is C14H15N7O. The Morgan fingerprint density at radius 2 is 2.23 bits per heavy atom. The van der Waals surface area contributed by atoms with Crippen LogP contribution in [0.1, 0.15) is 15.9 Å². The molecule has 3 rings (SSSR count). The fraction of sp³-hybridized carbons (Fsp3) is 0.214. The Balaban J connectivity index is 1.53. The molecule has 0 radical (unpaired) electrons. The number of fused-ring (bicyclic) bond motifs is 1. The molecule has 0 aliphatic carbocycles. The van der Waals surface area contributed by atoms with E-state index < -0.39 is 0 Å². The van der Waals surface area contributed by atoms with Gasteiger partial charge in [-0.15, -0.1) is 5.10 Å². The Hall–Kier alpha value is -3.03.